The summed E-state index contributed by atoms with van der Waals surface area (Å²) in [5.74, 6) is -1.23. The van der Waals surface area contributed by atoms with Crippen LogP contribution in [0.15, 0.2) is 9.44 Å². The maximum Gasteiger partial charge on any atom is 0.316 e. The predicted molar refractivity (Wildman–Crippen MR) is 106 cm³/mol. The molecular formula is C15H19N5O6S3. The Bertz CT molecular complexity index is 944. The smallest absolute Gasteiger partial charge is 0.316 e. The van der Waals surface area contributed by atoms with Crippen LogP contribution in [0.3, 0.4) is 0 Å². The van der Waals surface area contributed by atoms with Crippen molar-refractivity contribution in [3.8, 4) is 0 Å². The number of nitrogens with zero attached hydrogens (tertiary/aromatic N) is 4. The average molecular weight is 462 g/mol. The van der Waals surface area contributed by atoms with E-state index in [-0.39, 0.29) is 52.8 Å². The third kappa shape index (κ3) is 5.73. The largest absolute Gasteiger partial charge is 0.465 e. The van der Waals surface area contributed by atoms with Gasteiger partial charge in [-0.05, 0) is 13.3 Å². The Morgan fingerprint density at radius 1 is 1.34 bits per heavy atom. The Hall–Kier alpha value is -2.06. The summed E-state index contributed by atoms with van der Waals surface area (Å²) < 4.78 is 28.7. The van der Waals surface area contributed by atoms with Gasteiger partial charge in [-0.3, -0.25) is 19.7 Å². The number of hydrazone groups is 1. The predicted octanol–water partition coefficient (Wildman–Crippen LogP) is 0.297. The monoisotopic (exact) mass is 461 g/mol. The number of carbonyl (C=O) groups is 3. The van der Waals surface area contributed by atoms with Gasteiger partial charge < -0.3 is 4.74 Å². The van der Waals surface area contributed by atoms with Gasteiger partial charge >= 0.3 is 5.97 Å². The maximum absolute atomic E-state index is 12.5. The second kappa shape index (κ2) is 9.17. The minimum absolute atomic E-state index is 0.00945. The molecule has 2 aliphatic rings. The Morgan fingerprint density at radius 2 is 2.14 bits per heavy atom. The van der Waals surface area contributed by atoms with Gasteiger partial charge in [0.2, 0.25) is 11.0 Å². The number of hydrogen-bond donors (Lipinski definition) is 1. The van der Waals surface area contributed by atoms with E-state index >= 15 is 0 Å². The van der Waals surface area contributed by atoms with Crippen molar-refractivity contribution in [2.45, 2.75) is 36.6 Å². The van der Waals surface area contributed by atoms with E-state index in [1.165, 1.54) is 0 Å². The van der Waals surface area contributed by atoms with Gasteiger partial charge in [-0.25, -0.2) is 13.4 Å². The highest BCUT2D eigenvalue weighted by molar-refractivity contribution is 8.01. The molecule has 3 heterocycles. The molecule has 0 saturated carbocycles. The second-order valence-electron chi connectivity index (χ2n) is 6.26. The van der Waals surface area contributed by atoms with E-state index in [9.17, 15) is 22.8 Å². The van der Waals surface area contributed by atoms with Crippen LogP contribution >= 0.6 is 23.1 Å². The van der Waals surface area contributed by atoms with Crippen molar-refractivity contribution < 1.29 is 27.5 Å². The summed E-state index contributed by atoms with van der Waals surface area (Å²) in [4.78, 5) is 36.0. The van der Waals surface area contributed by atoms with E-state index in [1.54, 1.807) is 6.92 Å². The summed E-state index contributed by atoms with van der Waals surface area (Å²) in [5.41, 5.74) is 0.129. The summed E-state index contributed by atoms with van der Waals surface area (Å²) >= 11 is 2.25. The third-order valence-electron chi connectivity index (χ3n) is 4.12. The number of aromatic nitrogens is 2. The van der Waals surface area contributed by atoms with Gasteiger partial charge in [-0.1, -0.05) is 23.1 Å². The van der Waals surface area contributed by atoms with Crippen molar-refractivity contribution in [3.63, 3.8) is 0 Å². The van der Waals surface area contributed by atoms with Crippen LogP contribution in [0.25, 0.3) is 0 Å². The lowest BCUT2D eigenvalue weighted by Crippen LogP contribution is -2.42. The zero-order chi connectivity index (χ0) is 21.0. The number of rotatable bonds is 7. The molecule has 1 N–H and O–H groups in total. The number of amides is 2. The lowest BCUT2D eigenvalue weighted by molar-refractivity contribution is -0.140. The van der Waals surface area contributed by atoms with Crippen LogP contribution in [0, 0.1) is 0 Å². The SMILES string of the molecule is CCOC(=O)CSc1nnc(NC(=O)C2=NN(C3CCS(=O)(=O)C3)C(=O)CC2)s1. The van der Waals surface area contributed by atoms with Crippen LogP contribution in [-0.4, -0.2) is 77.0 Å². The zero-order valence-electron chi connectivity index (χ0n) is 15.5. The number of thioether (sulfide) groups is 1. The van der Waals surface area contributed by atoms with Crippen LogP contribution in [0.1, 0.15) is 26.2 Å². The standard InChI is InChI=1S/C15H19N5O6S3/c1-2-26-12(22)7-27-15-18-17-14(28-15)16-13(23)10-3-4-11(21)20(19-10)9-5-6-29(24,25)8-9/h9H,2-8H2,1H3,(H,16,17,23). The van der Waals surface area contributed by atoms with Crippen molar-refractivity contribution >= 4 is 61.6 Å². The van der Waals surface area contributed by atoms with E-state index < -0.39 is 21.8 Å². The zero-order valence-corrected chi connectivity index (χ0v) is 17.9. The minimum atomic E-state index is -3.18. The molecule has 0 aromatic carbocycles. The van der Waals surface area contributed by atoms with E-state index in [0.717, 1.165) is 28.1 Å². The summed E-state index contributed by atoms with van der Waals surface area (Å²) in [5, 5.41) is 15.8. The van der Waals surface area contributed by atoms with Gasteiger partial charge in [-0.15, -0.1) is 10.2 Å². The van der Waals surface area contributed by atoms with E-state index in [2.05, 4.69) is 20.6 Å². The van der Waals surface area contributed by atoms with Gasteiger partial charge in [0.25, 0.3) is 5.91 Å². The van der Waals surface area contributed by atoms with Gasteiger partial charge in [0, 0.05) is 12.8 Å². The molecule has 0 radical (unpaired) electrons. The highest BCUT2D eigenvalue weighted by Gasteiger charge is 2.37. The molecule has 1 saturated heterocycles. The number of anilines is 1. The van der Waals surface area contributed by atoms with Crippen LogP contribution in [0.4, 0.5) is 5.13 Å². The van der Waals surface area contributed by atoms with Crippen LogP contribution in [0.2, 0.25) is 0 Å². The molecule has 0 bridgehead atoms. The molecule has 1 aromatic heterocycles. The quantitative estimate of drug-likeness (QED) is 0.344. The Labute approximate surface area is 175 Å². The molecule has 2 aliphatic heterocycles. The van der Waals surface area contributed by atoms with Crippen LogP contribution < -0.4 is 5.32 Å². The van der Waals surface area contributed by atoms with Crippen molar-refractivity contribution in [2.24, 2.45) is 5.10 Å². The first-order chi connectivity index (χ1) is 13.8. The summed E-state index contributed by atoms with van der Waals surface area (Å²) in [7, 11) is -3.18. The van der Waals surface area contributed by atoms with Crippen LogP contribution in [-0.2, 0) is 29.0 Å². The number of hydrogen-bond acceptors (Lipinski definition) is 11. The molecule has 0 aliphatic carbocycles. The molecule has 14 heteroatoms. The van der Waals surface area contributed by atoms with Crippen molar-refractivity contribution in [3.05, 3.63) is 0 Å². The Kier molecular flexibility index (Phi) is 6.85. The van der Waals surface area contributed by atoms with Gasteiger partial charge in [0.05, 0.1) is 29.9 Å². The summed E-state index contributed by atoms with van der Waals surface area (Å²) in [6.07, 6.45) is 0.549. The van der Waals surface area contributed by atoms with Crippen molar-refractivity contribution in [2.75, 3.05) is 29.2 Å². The topological polar surface area (TPSA) is 148 Å². The first-order valence-corrected chi connectivity index (χ1v) is 12.4. The lowest BCUT2D eigenvalue weighted by atomic mass is 10.1. The normalized spacial score (nSPS) is 21.0. The van der Waals surface area contributed by atoms with E-state index in [4.69, 9.17) is 4.74 Å². The fourth-order valence-corrected chi connectivity index (χ4v) is 6.04. The molecule has 158 valence electrons. The molecule has 3 rings (SSSR count). The molecule has 11 nitrogen and oxygen atoms in total. The molecule has 1 atom stereocenters. The first kappa shape index (κ1) is 21.6. The summed E-state index contributed by atoms with van der Waals surface area (Å²) in [6.45, 7) is 2.01. The van der Waals surface area contributed by atoms with Gasteiger partial charge in [0.1, 0.15) is 5.71 Å². The maximum atomic E-state index is 12.5. The minimum Gasteiger partial charge on any atom is -0.465 e. The van der Waals surface area contributed by atoms with Crippen molar-refractivity contribution in [1.82, 2.24) is 15.2 Å². The fourth-order valence-electron chi connectivity index (χ4n) is 2.80. The number of esters is 1. The molecule has 29 heavy (non-hydrogen) atoms. The number of nitrogens with one attached hydrogen (secondary N) is 1. The average Bonchev–Trinajstić information content (AvgIpc) is 3.26. The highest BCUT2D eigenvalue weighted by atomic mass is 32.2. The molecule has 1 unspecified atom stereocenters. The highest BCUT2D eigenvalue weighted by Crippen LogP contribution is 2.26. The van der Waals surface area contributed by atoms with Gasteiger partial charge in [-0.2, -0.15) is 5.10 Å². The van der Waals surface area contributed by atoms with Crippen LogP contribution in [0.5, 0.6) is 0 Å². The Morgan fingerprint density at radius 3 is 2.83 bits per heavy atom. The number of ether oxygens (including phenoxy) is 1. The molecule has 1 aromatic rings. The Balaban J connectivity index is 1.61. The fraction of sp³-hybridized carbons (Fsp3) is 0.600. The third-order valence-corrected chi connectivity index (χ3v) is 7.82. The van der Waals surface area contributed by atoms with E-state index in [0.29, 0.717) is 17.4 Å². The lowest BCUT2D eigenvalue weighted by Gasteiger charge is -2.27. The molecule has 0 spiro atoms. The van der Waals surface area contributed by atoms with Gasteiger partial charge in [0.15, 0.2) is 14.2 Å². The first-order valence-electron chi connectivity index (χ1n) is 8.80. The second-order valence-corrected chi connectivity index (χ2v) is 10.7. The number of carbonyl (C=O) groups excluding carboxylic acids is 3. The summed E-state index contributed by atoms with van der Waals surface area (Å²) in [6, 6.07) is -0.539. The molecular weight excluding hydrogens is 442 g/mol. The number of sulfone groups is 1. The molecule has 1 fully saturated rings. The van der Waals surface area contributed by atoms with E-state index in [1.807, 2.05) is 0 Å². The molecule has 2 amide bonds. The van der Waals surface area contributed by atoms with Crippen molar-refractivity contribution in [1.29, 1.82) is 0 Å².